The number of para-hydroxylation sites is 1. The van der Waals surface area contributed by atoms with Gasteiger partial charge in [0.25, 0.3) is 0 Å². The predicted molar refractivity (Wildman–Crippen MR) is 91.8 cm³/mol. The van der Waals surface area contributed by atoms with Crippen LogP contribution in [0, 0.1) is 0 Å². The Morgan fingerprint density at radius 3 is 2.62 bits per heavy atom. The molecule has 0 bridgehead atoms. The molecule has 0 spiro atoms. The Balaban J connectivity index is 1.63. The molecule has 0 amide bonds. The molecule has 0 fully saturated rings. The highest BCUT2D eigenvalue weighted by molar-refractivity contribution is 5.90. The Labute approximate surface area is 140 Å². The van der Waals surface area contributed by atoms with Gasteiger partial charge in [0.05, 0.1) is 26.4 Å². The molecular weight excluding hydrogens is 306 g/mol. The number of carbonyl (C=O) groups excluding carboxylic acids is 1. The van der Waals surface area contributed by atoms with E-state index in [4.69, 9.17) is 14.2 Å². The topological polar surface area (TPSA) is 60.5 Å². The van der Waals surface area contributed by atoms with E-state index in [1.165, 1.54) is 7.11 Å². The average Bonchev–Trinajstić information content (AvgIpc) is 3.04. The highest BCUT2D eigenvalue weighted by Crippen LogP contribution is 2.27. The number of H-pyrrole nitrogens is 1. The number of esters is 1. The summed E-state index contributed by atoms with van der Waals surface area (Å²) in [5.41, 5.74) is 2.65. The molecule has 5 nitrogen and oxygen atoms in total. The highest BCUT2D eigenvalue weighted by Gasteiger charge is 2.12. The van der Waals surface area contributed by atoms with E-state index in [-0.39, 0.29) is 5.97 Å². The summed E-state index contributed by atoms with van der Waals surface area (Å²) < 4.78 is 15.7. The smallest absolute Gasteiger partial charge is 0.338 e. The third-order valence-corrected chi connectivity index (χ3v) is 3.90. The molecule has 5 heteroatoms. The summed E-state index contributed by atoms with van der Waals surface area (Å²) in [6.07, 6.45) is 2.61. The monoisotopic (exact) mass is 325 g/mol. The van der Waals surface area contributed by atoms with E-state index in [0.29, 0.717) is 30.1 Å². The lowest BCUT2D eigenvalue weighted by Crippen LogP contribution is -2.08. The van der Waals surface area contributed by atoms with Crippen molar-refractivity contribution in [2.45, 2.75) is 6.42 Å². The Hall–Kier alpha value is -2.95. The molecule has 0 saturated heterocycles. The van der Waals surface area contributed by atoms with Gasteiger partial charge in [-0.1, -0.05) is 18.2 Å². The van der Waals surface area contributed by atoms with Crippen LogP contribution in [0.1, 0.15) is 15.9 Å². The van der Waals surface area contributed by atoms with Crippen LogP contribution in [0.4, 0.5) is 0 Å². The Morgan fingerprint density at radius 2 is 1.83 bits per heavy atom. The van der Waals surface area contributed by atoms with Crippen molar-refractivity contribution in [2.75, 3.05) is 20.8 Å². The van der Waals surface area contributed by atoms with Crippen LogP contribution in [0.2, 0.25) is 0 Å². The minimum atomic E-state index is -0.379. The van der Waals surface area contributed by atoms with Crippen molar-refractivity contribution in [1.29, 1.82) is 0 Å². The number of carbonyl (C=O) groups is 1. The van der Waals surface area contributed by atoms with E-state index < -0.39 is 0 Å². The van der Waals surface area contributed by atoms with Crippen LogP contribution in [0.25, 0.3) is 10.9 Å². The first kappa shape index (κ1) is 15.9. The normalized spacial score (nSPS) is 10.6. The number of hydrogen-bond donors (Lipinski definition) is 1. The van der Waals surface area contributed by atoms with Crippen molar-refractivity contribution in [2.24, 2.45) is 0 Å². The summed E-state index contributed by atoms with van der Waals surface area (Å²) in [5.74, 6) is 0.701. The van der Waals surface area contributed by atoms with Crippen LogP contribution >= 0.6 is 0 Å². The molecule has 1 heterocycles. The molecule has 0 aliphatic carbocycles. The summed E-state index contributed by atoms with van der Waals surface area (Å²) >= 11 is 0. The fraction of sp³-hybridized carbons (Fsp3) is 0.211. The second-order valence-electron chi connectivity index (χ2n) is 5.32. The highest BCUT2D eigenvalue weighted by atomic mass is 16.5. The summed E-state index contributed by atoms with van der Waals surface area (Å²) in [4.78, 5) is 15.4. The van der Waals surface area contributed by atoms with Crippen LogP contribution in [0.3, 0.4) is 0 Å². The number of rotatable bonds is 6. The van der Waals surface area contributed by atoms with E-state index in [0.717, 1.165) is 16.5 Å². The zero-order valence-corrected chi connectivity index (χ0v) is 13.7. The van der Waals surface area contributed by atoms with E-state index >= 15 is 0 Å². The molecule has 3 rings (SSSR count). The molecule has 1 N–H and O–H groups in total. The van der Waals surface area contributed by atoms with Crippen LogP contribution in [0.15, 0.2) is 48.7 Å². The molecule has 0 atom stereocenters. The molecule has 1 aromatic heterocycles. The van der Waals surface area contributed by atoms with E-state index in [2.05, 4.69) is 11.1 Å². The first-order chi connectivity index (χ1) is 11.7. The van der Waals surface area contributed by atoms with E-state index in [1.807, 2.05) is 24.4 Å². The van der Waals surface area contributed by atoms with Gasteiger partial charge in [0.15, 0.2) is 11.5 Å². The van der Waals surface area contributed by atoms with Crippen molar-refractivity contribution < 1.29 is 19.0 Å². The quantitative estimate of drug-likeness (QED) is 0.704. The van der Waals surface area contributed by atoms with Crippen molar-refractivity contribution in [1.82, 2.24) is 4.98 Å². The maximum Gasteiger partial charge on any atom is 0.338 e. The second-order valence-corrected chi connectivity index (χ2v) is 5.32. The minimum absolute atomic E-state index is 0.315. The molecule has 24 heavy (non-hydrogen) atoms. The molecule has 0 aliphatic heterocycles. The van der Waals surface area contributed by atoms with Crippen molar-refractivity contribution >= 4 is 16.9 Å². The van der Waals surface area contributed by atoms with Gasteiger partial charge in [-0.05, 0) is 29.8 Å². The second kappa shape index (κ2) is 7.08. The Bertz CT molecular complexity index is 853. The number of aromatic amines is 1. The van der Waals surface area contributed by atoms with Gasteiger partial charge in [-0.15, -0.1) is 0 Å². The molecule has 0 radical (unpaired) electrons. The average molecular weight is 325 g/mol. The predicted octanol–water partition coefficient (Wildman–Crippen LogP) is 3.58. The Morgan fingerprint density at radius 1 is 1.04 bits per heavy atom. The molecule has 0 unspecified atom stereocenters. The Kier molecular flexibility index (Phi) is 4.70. The van der Waals surface area contributed by atoms with E-state index in [9.17, 15) is 4.79 Å². The third kappa shape index (κ3) is 3.20. The van der Waals surface area contributed by atoms with Crippen molar-refractivity contribution in [3.63, 3.8) is 0 Å². The van der Waals surface area contributed by atoms with Gasteiger partial charge in [0.2, 0.25) is 0 Å². The summed E-state index contributed by atoms with van der Waals surface area (Å²) in [5, 5.41) is 1.15. The third-order valence-electron chi connectivity index (χ3n) is 3.90. The first-order valence-corrected chi connectivity index (χ1v) is 7.67. The van der Waals surface area contributed by atoms with Gasteiger partial charge < -0.3 is 19.2 Å². The number of benzene rings is 2. The van der Waals surface area contributed by atoms with E-state index in [1.54, 1.807) is 25.3 Å². The summed E-state index contributed by atoms with van der Waals surface area (Å²) in [6.45, 7) is 0.315. The lowest BCUT2D eigenvalue weighted by Gasteiger charge is -2.09. The fourth-order valence-electron chi connectivity index (χ4n) is 2.64. The van der Waals surface area contributed by atoms with Gasteiger partial charge in [-0.3, -0.25) is 0 Å². The lowest BCUT2D eigenvalue weighted by molar-refractivity contribution is 0.0509. The van der Waals surface area contributed by atoms with Crippen molar-refractivity contribution in [3.05, 3.63) is 59.8 Å². The van der Waals surface area contributed by atoms with Gasteiger partial charge in [0, 0.05) is 23.5 Å². The van der Waals surface area contributed by atoms with Crippen LogP contribution in [-0.2, 0) is 11.2 Å². The fourth-order valence-corrected chi connectivity index (χ4v) is 2.64. The number of hydrogen-bond acceptors (Lipinski definition) is 4. The molecule has 0 aliphatic rings. The van der Waals surface area contributed by atoms with Gasteiger partial charge in [-0.2, -0.15) is 0 Å². The summed E-state index contributed by atoms with van der Waals surface area (Å²) in [6, 6.07) is 13.0. The van der Waals surface area contributed by atoms with Crippen LogP contribution < -0.4 is 9.47 Å². The molecular formula is C19H19NO4. The maximum absolute atomic E-state index is 12.2. The summed E-state index contributed by atoms with van der Waals surface area (Å²) in [7, 11) is 3.08. The standard InChI is InChI=1S/C19H19NO4/c1-22-17-8-7-13(11-18(17)23-2)19(21)24-10-9-14-12-20-16-6-4-3-5-15(14)16/h3-8,11-12,20H,9-10H2,1-2H3. The number of aromatic nitrogens is 1. The minimum Gasteiger partial charge on any atom is -0.493 e. The van der Waals surface area contributed by atoms with Crippen LogP contribution in [-0.4, -0.2) is 31.8 Å². The zero-order valence-electron chi connectivity index (χ0n) is 13.7. The number of nitrogens with one attached hydrogen (secondary N) is 1. The first-order valence-electron chi connectivity index (χ1n) is 7.67. The van der Waals surface area contributed by atoms with Crippen molar-refractivity contribution in [3.8, 4) is 11.5 Å². The van der Waals surface area contributed by atoms with Gasteiger partial charge in [-0.25, -0.2) is 4.79 Å². The number of fused-ring (bicyclic) bond motifs is 1. The van der Waals surface area contributed by atoms with Gasteiger partial charge in [0.1, 0.15) is 0 Å². The number of methoxy groups -OCH3 is 2. The molecule has 2 aromatic carbocycles. The maximum atomic E-state index is 12.2. The van der Waals surface area contributed by atoms with Gasteiger partial charge >= 0.3 is 5.97 Å². The van der Waals surface area contributed by atoms with Crippen LogP contribution in [0.5, 0.6) is 11.5 Å². The molecule has 3 aromatic rings. The largest absolute Gasteiger partial charge is 0.493 e. The SMILES string of the molecule is COc1ccc(C(=O)OCCc2c[nH]c3ccccc23)cc1OC. The number of ether oxygens (including phenoxy) is 3. The zero-order chi connectivity index (χ0) is 16.9. The molecule has 124 valence electrons. The lowest BCUT2D eigenvalue weighted by atomic mass is 10.1. The molecule has 0 saturated carbocycles.